The van der Waals surface area contributed by atoms with E-state index in [1.54, 1.807) is 0 Å². The van der Waals surface area contributed by atoms with Crippen LogP contribution in [0.5, 0.6) is 0 Å². The van der Waals surface area contributed by atoms with Crippen molar-refractivity contribution in [2.24, 2.45) is 0 Å². The molecular formula is C30H34N2. The van der Waals surface area contributed by atoms with Crippen LogP contribution in [0.15, 0.2) is 66.7 Å². The Kier molecular flexibility index (Phi) is 5.75. The second-order valence-corrected chi connectivity index (χ2v) is 9.72. The topological polar surface area (TPSA) is 6.48 Å². The molecule has 0 heterocycles. The summed E-state index contributed by atoms with van der Waals surface area (Å²) in [5, 5.41) is 11.2. The van der Waals surface area contributed by atoms with Gasteiger partial charge in [-0.1, -0.05) is 79.6 Å². The maximum absolute atomic E-state index is 2.39. The van der Waals surface area contributed by atoms with Crippen molar-refractivity contribution in [3.8, 4) is 0 Å². The van der Waals surface area contributed by atoms with Gasteiger partial charge in [0.25, 0.3) is 0 Å². The first kappa shape index (κ1) is 21.2. The smallest absolute Gasteiger partial charge is 0.0612 e. The van der Waals surface area contributed by atoms with Crippen LogP contribution in [0.25, 0.3) is 43.1 Å². The Morgan fingerprint density at radius 1 is 0.562 bits per heavy atom. The van der Waals surface area contributed by atoms with Gasteiger partial charge in [-0.2, -0.15) is 0 Å². The molecule has 5 aromatic carbocycles. The van der Waals surface area contributed by atoms with Gasteiger partial charge in [-0.15, -0.1) is 0 Å². The van der Waals surface area contributed by atoms with Gasteiger partial charge in [-0.25, -0.2) is 0 Å². The second-order valence-electron chi connectivity index (χ2n) is 9.72. The van der Waals surface area contributed by atoms with E-state index in [2.05, 4.69) is 105 Å². The van der Waals surface area contributed by atoms with Gasteiger partial charge in [-0.3, -0.25) is 9.80 Å². The fraction of sp³-hybridized carbons (Fsp3) is 0.333. The molecule has 0 unspecified atom stereocenters. The minimum Gasteiger partial charge on any atom is -0.294 e. The zero-order valence-electron chi connectivity index (χ0n) is 19.9. The molecule has 164 valence electrons. The van der Waals surface area contributed by atoms with E-state index in [9.17, 15) is 0 Å². The van der Waals surface area contributed by atoms with Crippen LogP contribution >= 0.6 is 0 Å². The first-order valence-corrected chi connectivity index (χ1v) is 12.0. The van der Waals surface area contributed by atoms with E-state index >= 15 is 0 Å². The van der Waals surface area contributed by atoms with Crippen LogP contribution in [-0.4, -0.2) is 44.2 Å². The lowest BCUT2D eigenvalue weighted by Crippen LogP contribution is -2.40. The van der Waals surface area contributed by atoms with E-state index < -0.39 is 0 Å². The molecular weight excluding hydrogens is 388 g/mol. The van der Waals surface area contributed by atoms with Gasteiger partial charge in [-0.05, 0) is 96.1 Å². The molecule has 0 aliphatic heterocycles. The number of aryl methyl sites for hydroxylation is 1. The standard InChI is InChI=1S/C30H34N2/c1-31(2)27(32(3)4)18-7-5-6-11-22-19-20-23-14-9-16-25-24-15-8-12-21-13-10-17-26(28(21)24)30(22)29(23)25/h8-10,12-17,19-20,27H,5-7,11,18H2,1-4H3. The van der Waals surface area contributed by atoms with Crippen LogP contribution in [0.1, 0.15) is 31.2 Å². The summed E-state index contributed by atoms with van der Waals surface area (Å²) in [4.78, 5) is 4.65. The third-order valence-corrected chi connectivity index (χ3v) is 7.20. The van der Waals surface area contributed by atoms with Crippen molar-refractivity contribution in [1.82, 2.24) is 9.80 Å². The monoisotopic (exact) mass is 422 g/mol. The van der Waals surface area contributed by atoms with Crippen molar-refractivity contribution in [3.63, 3.8) is 0 Å². The summed E-state index contributed by atoms with van der Waals surface area (Å²) in [7, 11) is 8.72. The molecule has 5 rings (SSSR count). The van der Waals surface area contributed by atoms with Crippen LogP contribution in [0, 0.1) is 0 Å². The van der Waals surface area contributed by atoms with Gasteiger partial charge < -0.3 is 0 Å². The third-order valence-electron chi connectivity index (χ3n) is 7.20. The van der Waals surface area contributed by atoms with Crippen LogP contribution in [0.4, 0.5) is 0 Å². The number of hydrogen-bond acceptors (Lipinski definition) is 2. The first-order chi connectivity index (χ1) is 15.6. The zero-order valence-corrected chi connectivity index (χ0v) is 19.9. The summed E-state index contributed by atoms with van der Waals surface area (Å²) in [6, 6.07) is 25.1. The minimum absolute atomic E-state index is 0.522. The number of benzene rings is 5. The molecule has 0 radical (unpaired) electrons. The molecule has 2 nitrogen and oxygen atoms in total. The number of nitrogens with zero attached hydrogens (tertiary/aromatic N) is 2. The van der Waals surface area contributed by atoms with E-state index in [-0.39, 0.29) is 0 Å². The van der Waals surface area contributed by atoms with Gasteiger partial charge in [0, 0.05) is 0 Å². The Labute approximate surface area is 191 Å². The van der Waals surface area contributed by atoms with Crippen molar-refractivity contribution in [1.29, 1.82) is 0 Å². The highest BCUT2D eigenvalue weighted by Gasteiger charge is 2.16. The average Bonchev–Trinajstić information content (AvgIpc) is 2.79. The highest BCUT2D eigenvalue weighted by Crippen LogP contribution is 2.41. The van der Waals surface area contributed by atoms with E-state index in [0.717, 1.165) is 6.42 Å². The molecule has 0 aliphatic rings. The van der Waals surface area contributed by atoms with Crippen LogP contribution in [0.3, 0.4) is 0 Å². The van der Waals surface area contributed by atoms with Gasteiger partial charge in [0.05, 0.1) is 6.17 Å². The van der Waals surface area contributed by atoms with E-state index in [1.807, 2.05) is 0 Å². The van der Waals surface area contributed by atoms with E-state index in [1.165, 1.54) is 74.3 Å². The van der Waals surface area contributed by atoms with Crippen molar-refractivity contribution in [2.45, 2.75) is 38.3 Å². The number of unbranched alkanes of at least 4 members (excludes halogenated alkanes) is 2. The second kappa shape index (κ2) is 8.69. The summed E-state index contributed by atoms with van der Waals surface area (Å²) >= 11 is 0. The Morgan fingerprint density at radius 3 is 1.81 bits per heavy atom. The van der Waals surface area contributed by atoms with Crippen LogP contribution in [-0.2, 0) is 6.42 Å². The Bertz CT molecular complexity index is 1350. The Morgan fingerprint density at radius 2 is 1.16 bits per heavy atom. The first-order valence-electron chi connectivity index (χ1n) is 12.0. The Hall–Kier alpha value is -2.68. The molecule has 0 atom stereocenters. The van der Waals surface area contributed by atoms with Crippen molar-refractivity contribution < 1.29 is 0 Å². The van der Waals surface area contributed by atoms with Crippen molar-refractivity contribution >= 4 is 43.1 Å². The maximum atomic E-state index is 2.39. The van der Waals surface area contributed by atoms with Crippen molar-refractivity contribution in [3.05, 3.63) is 72.3 Å². The number of hydrogen-bond donors (Lipinski definition) is 0. The summed E-state index contributed by atoms with van der Waals surface area (Å²) in [5.74, 6) is 0. The molecule has 0 bridgehead atoms. The quantitative estimate of drug-likeness (QED) is 0.112. The fourth-order valence-electron chi connectivity index (χ4n) is 5.73. The molecule has 2 heteroatoms. The van der Waals surface area contributed by atoms with E-state index in [4.69, 9.17) is 0 Å². The highest BCUT2D eigenvalue weighted by molar-refractivity contribution is 6.33. The molecule has 0 aliphatic carbocycles. The molecule has 32 heavy (non-hydrogen) atoms. The lowest BCUT2D eigenvalue weighted by atomic mass is 9.86. The maximum Gasteiger partial charge on any atom is 0.0612 e. The summed E-state index contributed by atoms with van der Waals surface area (Å²) in [6.45, 7) is 0. The minimum atomic E-state index is 0.522. The largest absolute Gasteiger partial charge is 0.294 e. The van der Waals surface area contributed by atoms with Crippen LogP contribution < -0.4 is 0 Å². The zero-order chi connectivity index (χ0) is 22.2. The SMILES string of the molecule is CN(C)C(CCCCCc1ccc2cccc3c4cccc5cccc(c1c23)c54)N(C)C. The van der Waals surface area contributed by atoms with Gasteiger partial charge in [0.2, 0.25) is 0 Å². The normalized spacial score (nSPS) is 12.6. The summed E-state index contributed by atoms with van der Waals surface area (Å²) in [6.07, 6.45) is 6.68. The van der Waals surface area contributed by atoms with Gasteiger partial charge in [0.15, 0.2) is 0 Å². The van der Waals surface area contributed by atoms with Gasteiger partial charge >= 0.3 is 0 Å². The van der Waals surface area contributed by atoms with Crippen molar-refractivity contribution in [2.75, 3.05) is 28.2 Å². The predicted molar refractivity (Wildman–Crippen MR) is 141 cm³/mol. The number of fused-ring (bicyclic) bond motifs is 2. The fourth-order valence-corrected chi connectivity index (χ4v) is 5.73. The molecule has 0 saturated carbocycles. The lowest BCUT2D eigenvalue weighted by molar-refractivity contribution is 0.117. The lowest BCUT2D eigenvalue weighted by Gasteiger charge is -2.30. The summed E-state index contributed by atoms with van der Waals surface area (Å²) in [5.41, 5.74) is 1.50. The Balaban J connectivity index is 1.50. The number of rotatable bonds is 8. The third kappa shape index (κ3) is 3.62. The molecule has 0 N–H and O–H groups in total. The summed E-state index contributed by atoms with van der Waals surface area (Å²) < 4.78 is 0. The molecule has 0 spiro atoms. The predicted octanol–water partition coefficient (Wildman–Crippen LogP) is 7.29. The molecule has 5 aromatic rings. The van der Waals surface area contributed by atoms with Crippen LogP contribution in [0.2, 0.25) is 0 Å². The average molecular weight is 423 g/mol. The molecule has 0 fully saturated rings. The molecule has 0 amide bonds. The van der Waals surface area contributed by atoms with Gasteiger partial charge in [0.1, 0.15) is 0 Å². The highest BCUT2D eigenvalue weighted by atomic mass is 15.3. The van der Waals surface area contributed by atoms with E-state index in [0.29, 0.717) is 6.17 Å². The molecule has 0 aromatic heterocycles. The molecule has 0 saturated heterocycles.